The number of carbonyl (C=O) groups excluding carboxylic acids is 1. The molecule has 0 fully saturated rings. The lowest BCUT2D eigenvalue weighted by Gasteiger charge is -2.11. The van der Waals surface area contributed by atoms with Crippen molar-refractivity contribution in [1.82, 2.24) is 9.88 Å². The molecule has 0 spiro atoms. The van der Waals surface area contributed by atoms with Crippen LogP contribution in [0.4, 0.5) is 4.39 Å². The molecule has 4 nitrogen and oxygen atoms in total. The fourth-order valence-electron chi connectivity index (χ4n) is 3.00. The lowest BCUT2D eigenvalue weighted by atomic mass is 10.2. The van der Waals surface area contributed by atoms with Gasteiger partial charge in [-0.15, -0.1) is 0 Å². The summed E-state index contributed by atoms with van der Waals surface area (Å²) in [6.45, 7) is 4.24. The third-order valence-electron chi connectivity index (χ3n) is 4.37. The standard InChI is InChI=1S/C21H21FN2O2/c1-14-12-20(21(25)23-13-16-4-6-17(22)7-5-16)15(2)24(14)18-8-10-19(26-3)11-9-18/h4-12H,13H2,1-3H3,(H,23,25). The second kappa shape index (κ2) is 7.44. The van der Waals surface area contributed by atoms with Crippen molar-refractivity contribution in [2.75, 3.05) is 7.11 Å². The molecule has 1 aromatic heterocycles. The van der Waals surface area contributed by atoms with Crippen molar-refractivity contribution in [2.45, 2.75) is 20.4 Å². The van der Waals surface area contributed by atoms with E-state index in [2.05, 4.69) is 5.32 Å². The van der Waals surface area contributed by atoms with Crippen LogP contribution in [0, 0.1) is 19.7 Å². The van der Waals surface area contributed by atoms with Gasteiger partial charge in [-0.25, -0.2) is 4.39 Å². The van der Waals surface area contributed by atoms with Crippen LogP contribution in [0.2, 0.25) is 0 Å². The van der Waals surface area contributed by atoms with E-state index in [9.17, 15) is 9.18 Å². The van der Waals surface area contributed by atoms with Crippen molar-refractivity contribution in [1.29, 1.82) is 0 Å². The van der Waals surface area contributed by atoms with E-state index >= 15 is 0 Å². The quantitative estimate of drug-likeness (QED) is 0.749. The molecule has 0 saturated heterocycles. The van der Waals surface area contributed by atoms with E-state index in [0.717, 1.165) is 28.4 Å². The monoisotopic (exact) mass is 352 g/mol. The maximum Gasteiger partial charge on any atom is 0.253 e. The zero-order valence-electron chi connectivity index (χ0n) is 15.0. The van der Waals surface area contributed by atoms with Gasteiger partial charge in [0.25, 0.3) is 5.91 Å². The average molecular weight is 352 g/mol. The number of carbonyl (C=O) groups is 1. The molecule has 0 atom stereocenters. The highest BCUT2D eigenvalue weighted by Crippen LogP contribution is 2.22. The molecule has 0 aliphatic heterocycles. The van der Waals surface area contributed by atoms with Crippen LogP contribution in [0.25, 0.3) is 5.69 Å². The Morgan fingerprint density at radius 1 is 1.08 bits per heavy atom. The number of amides is 1. The molecule has 0 aliphatic carbocycles. The van der Waals surface area contributed by atoms with Crippen LogP contribution in [0.15, 0.2) is 54.6 Å². The SMILES string of the molecule is COc1ccc(-n2c(C)cc(C(=O)NCc3ccc(F)cc3)c2C)cc1. The molecule has 0 radical (unpaired) electrons. The Bertz CT molecular complexity index is 912. The molecular weight excluding hydrogens is 331 g/mol. The van der Waals surface area contributed by atoms with Gasteiger partial charge in [0.1, 0.15) is 11.6 Å². The topological polar surface area (TPSA) is 43.3 Å². The molecular formula is C21H21FN2O2. The Morgan fingerprint density at radius 3 is 2.35 bits per heavy atom. The highest BCUT2D eigenvalue weighted by molar-refractivity contribution is 5.95. The van der Waals surface area contributed by atoms with Crippen LogP contribution in [-0.2, 0) is 6.54 Å². The smallest absolute Gasteiger partial charge is 0.253 e. The van der Waals surface area contributed by atoms with E-state index in [-0.39, 0.29) is 11.7 Å². The lowest BCUT2D eigenvalue weighted by molar-refractivity contribution is 0.0950. The number of aryl methyl sites for hydroxylation is 1. The van der Waals surface area contributed by atoms with Crippen LogP contribution in [0.1, 0.15) is 27.3 Å². The van der Waals surface area contributed by atoms with Gasteiger partial charge in [-0.1, -0.05) is 12.1 Å². The number of nitrogens with zero attached hydrogens (tertiary/aromatic N) is 1. The number of halogens is 1. The number of aromatic nitrogens is 1. The van der Waals surface area contributed by atoms with Gasteiger partial charge >= 0.3 is 0 Å². The van der Waals surface area contributed by atoms with E-state index in [4.69, 9.17) is 4.74 Å². The maximum atomic E-state index is 13.0. The molecule has 0 saturated carbocycles. The summed E-state index contributed by atoms with van der Waals surface area (Å²) in [5, 5.41) is 2.89. The Balaban J connectivity index is 1.79. The molecule has 3 aromatic rings. The van der Waals surface area contributed by atoms with Gasteiger partial charge in [-0.3, -0.25) is 4.79 Å². The van der Waals surface area contributed by atoms with Gasteiger partial charge in [-0.05, 0) is 61.9 Å². The molecule has 26 heavy (non-hydrogen) atoms. The number of hydrogen-bond donors (Lipinski definition) is 1. The summed E-state index contributed by atoms with van der Waals surface area (Å²) in [4.78, 5) is 12.6. The molecule has 1 amide bonds. The van der Waals surface area contributed by atoms with Crippen LogP contribution in [0.5, 0.6) is 5.75 Å². The van der Waals surface area contributed by atoms with Gasteiger partial charge in [0.05, 0.1) is 12.7 Å². The molecule has 1 N–H and O–H groups in total. The molecule has 5 heteroatoms. The van der Waals surface area contributed by atoms with Crippen molar-refractivity contribution >= 4 is 5.91 Å². The molecule has 3 rings (SSSR count). The van der Waals surface area contributed by atoms with Crippen molar-refractivity contribution in [2.24, 2.45) is 0 Å². The van der Waals surface area contributed by atoms with Gasteiger partial charge in [-0.2, -0.15) is 0 Å². The highest BCUT2D eigenvalue weighted by atomic mass is 19.1. The third kappa shape index (κ3) is 3.61. The van der Waals surface area contributed by atoms with E-state index < -0.39 is 0 Å². The molecule has 0 unspecified atom stereocenters. The fourth-order valence-corrected chi connectivity index (χ4v) is 3.00. The van der Waals surface area contributed by atoms with Gasteiger partial charge < -0.3 is 14.6 Å². The Morgan fingerprint density at radius 2 is 1.73 bits per heavy atom. The fraction of sp³-hybridized carbons (Fsp3) is 0.190. The summed E-state index contributed by atoms with van der Waals surface area (Å²) in [5.74, 6) is 0.346. The maximum absolute atomic E-state index is 13.0. The van der Waals surface area contributed by atoms with Gasteiger partial charge in [0.2, 0.25) is 0 Å². The predicted octanol–water partition coefficient (Wildman–Crippen LogP) is 4.17. The summed E-state index contributed by atoms with van der Waals surface area (Å²) in [6, 6.07) is 15.7. The molecule has 0 bridgehead atoms. The number of hydrogen-bond acceptors (Lipinski definition) is 2. The van der Waals surface area contributed by atoms with Crippen molar-refractivity contribution < 1.29 is 13.9 Å². The van der Waals surface area contributed by atoms with Crippen LogP contribution >= 0.6 is 0 Å². The highest BCUT2D eigenvalue weighted by Gasteiger charge is 2.16. The first-order chi connectivity index (χ1) is 12.5. The van der Waals surface area contributed by atoms with E-state index in [1.165, 1.54) is 12.1 Å². The van der Waals surface area contributed by atoms with Crippen LogP contribution in [-0.4, -0.2) is 17.6 Å². The summed E-state index contributed by atoms with van der Waals surface area (Å²) < 4.78 is 20.2. The first-order valence-electron chi connectivity index (χ1n) is 8.35. The Kier molecular flexibility index (Phi) is 5.07. The number of methoxy groups -OCH3 is 1. The Hall–Kier alpha value is -3.08. The van der Waals surface area contributed by atoms with Crippen LogP contribution < -0.4 is 10.1 Å². The van der Waals surface area contributed by atoms with E-state index in [1.54, 1.807) is 19.2 Å². The first kappa shape index (κ1) is 17.7. The van der Waals surface area contributed by atoms with Crippen molar-refractivity contribution in [3.8, 4) is 11.4 Å². The molecule has 0 aliphatic rings. The van der Waals surface area contributed by atoms with Gasteiger partial charge in [0, 0.05) is 23.6 Å². The Labute approximate surface area is 152 Å². The zero-order chi connectivity index (χ0) is 18.7. The van der Waals surface area contributed by atoms with E-state index in [1.807, 2.05) is 48.7 Å². The van der Waals surface area contributed by atoms with E-state index in [0.29, 0.717) is 12.1 Å². The summed E-state index contributed by atoms with van der Waals surface area (Å²) >= 11 is 0. The average Bonchev–Trinajstić information content (AvgIpc) is 2.95. The third-order valence-corrected chi connectivity index (χ3v) is 4.37. The number of nitrogens with one attached hydrogen (secondary N) is 1. The summed E-state index contributed by atoms with van der Waals surface area (Å²) in [6.07, 6.45) is 0. The number of benzene rings is 2. The summed E-state index contributed by atoms with van der Waals surface area (Å²) in [5.41, 5.74) is 4.28. The molecule has 2 aromatic carbocycles. The molecule has 134 valence electrons. The van der Waals surface area contributed by atoms with Crippen molar-refractivity contribution in [3.63, 3.8) is 0 Å². The largest absolute Gasteiger partial charge is 0.497 e. The zero-order valence-corrected chi connectivity index (χ0v) is 15.0. The first-order valence-corrected chi connectivity index (χ1v) is 8.35. The lowest BCUT2D eigenvalue weighted by Crippen LogP contribution is -2.23. The minimum Gasteiger partial charge on any atom is -0.497 e. The number of rotatable bonds is 5. The minimum atomic E-state index is -0.289. The predicted molar refractivity (Wildman–Crippen MR) is 99.4 cm³/mol. The second-order valence-electron chi connectivity index (χ2n) is 6.13. The van der Waals surface area contributed by atoms with Crippen LogP contribution in [0.3, 0.4) is 0 Å². The summed E-state index contributed by atoms with van der Waals surface area (Å²) in [7, 11) is 1.63. The number of ether oxygens (including phenoxy) is 1. The van der Waals surface area contributed by atoms with Crippen molar-refractivity contribution in [3.05, 3.63) is 82.9 Å². The second-order valence-corrected chi connectivity index (χ2v) is 6.13. The normalized spacial score (nSPS) is 10.6. The van der Waals surface area contributed by atoms with Gasteiger partial charge in [0.15, 0.2) is 0 Å². The minimum absolute atomic E-state index is 0.151. The molecule has 1 heterocycles.